The molecule has 1 aliphatic rings. The molecule has 1 aromatic carbocycles. The van der Waals surface area contributed by atoms with Crippen LogP contribution in [-0.2, 0) is 0 Å². The van der Waals surface area contributed by atoms with Gasteiger partial charge >= 0.3 is 0 Å². The van der Waals surface area contributed by atoms with Crippen LogP contribution in [-0.4, -0.2) is 18.9 Å². The molecular weight excluding hydrogens is 253 g/mol. The van der Waals surface area contributed by atoms with E-state index < -0.39 is 0 Å². The number of aryl methyl sites for hydroxylation is 2. The van der Waals surface area contributed by atoms with Crippen LogP contribution >= 0.6 is 0 Å². The number of carbonyl (C=O) groups excluding carboxylic acids is 1. The molecule has 0 aliphatic carbocycles. The second-order valence-corrected chi connectivity index (χ2v) is 6.15. The van der Waals surface area contributed by atoms with E-state index in [-0.39, 0.29) is 17.2 Å². The molecule has 2 atom stereocenters. The highest BCUT2D eigenvalue weighted by molar-refractivity contribution is 5.97. The quantitative estimate of drug-likeness (QED) is 0.851. The maximum Gasteiger partial charge on any atom is 0.166 e. The Morgan fingerprint density at radius 1 is 1.45 bits per heavy atom. The first kappa shape index (κ1) is 15.2. The lowest BCUT2D eigenvalue weighted by atomic mass is 9.83. The Kier molecular flexibility index (Phi) is 4.92. The van der Waals surface area contributed by atoms with Crippen molar-refractivity contribution in [2.45, 2.75) is 40.0 Å². The Labute approximate surface area is 120 Å². The van der Waals surface area contributed by atoms with E-state index in [2.05, 4.69) is 12.2 Å². The Bertz CT molecular complexity index is 469. The van der Waals surface area contributed by atoms with Gasteiger partial charge in [0.25, 0.3) is 0 Å². The van der Waals surface area contributed by atoms with Crippen LogP contribution in [0.3, 0.4) is 0 Å². The minimum atomic E-state index is -0.374. The molecule has 2 unspecified atom stereocenters. The van der Waals surface area contributed by atoms with Gasteiger partial charge in [-0.05, 0) is 68.8 Å². The van der Waals surface area contributed by atoms with Crippen LogP contribution in [0.4, 0.5) is 4.39 Å². The maximum atomic E-state index is 14.0. The summed E-state index contributed by atoms with van der Waals surface area (Å²) in [5.74, 6) is 0.400. The van der Waals surface area contributed by atoms with E-state index in [1.54, 1.807) is 0 Å². The summed E-state index contributed by atoms with van der Waals surface area (Å²) in [5, 5.41) is 3.37. The van der Waals surface area contributed by atoms with Crippen LogP contribution in [0.15, 0.2) is 12.1 Å². The number of Topliss-reactive ketones (excluding diaryl/α,β-unsaturated/α-hetero) is 1. The maximum absolute atomic E-state index is 14.0. The van der Waals surface area contributed by atoms with Gasteiger partial charge in [-0.15, -0.1) is 0 Å². The topological polar surface area (TPSA) is 29.1 Å². The molecule has 20 heavy (non-hydrogen) atoms. The summed E-state index contributed by atoms with van der Waals surface area (Å²) in [5.41, 5.74) is 1.90. The van der Waals surface area contributed by atoms with Crippen molar-refractivity contribution in [2.24, 2.45) is 11.8 Å². The molecule has 2 rings (SSSR count). The lowest BCUT2D eigenvalue weighted by Gasteiger charge is -2.28. The van der Waals surface area contributed by atoms with E-state index in [1.165, 1.54) is 12.5 Å². The van der Waals surface area contributed by atoms with Gasteiger partial charge in [0, 0.05) is 6.42 Å². The first-order chi connectivity index (χ1) is 9.49. The minimum Gasteiger partial charge on any atom is -0.316 e. The lowest BCUT2D eigenvalue weighted by molar-refractivity contribution is 0.0938. The molecule has 0 radical (unpaired) electrons. The Hall–Kier alpha value is -1.22. The van der Waals surface area contributed by atoms with Crippen molar-refractivity contribution in [3.05, 3.63) is 34.6 Å². The average molecular weight is 277 g/mol. The fourth-order valence-corrected chi connectivity index (χ4v) is 3.19. The normalized spacial score (nSPS) is 20.7. The molecule has 1 aliphatic heterocycles. The molecule has 0 aromatic heterocycles. The fourth-order valence-electron chi connectivity index (χ4n) is 3.19. The van der Waals surface area contributed by atoms with Crippen LogP contribution in [0.2, 0.25) is 0 Å². The van der Waals surface area contributed by atoms with Gasteiger partial charge in [0.15, 0.2) is 5.78 Å². The summed E-state index contributed by atoms with van der Waals surface area (Å²) in [7, 11) is 0. The van der Waals surface area contributed by atoms with Crippen molar-refractivity contribution in [2.75, 3.05) is 13.1 Å². The first-order valence-electron chi connectivity index (χ1n) is 7.49. The van der Waals surface area contributed by atoms with Gasteiger partial charge in [-0.3, -0.25) is 4.79 Å². The molecule has 0 spiro atoms. The summed E-state index contributed by atoms with van der Waals surface area (Å²) >= 11 is 0. The van der Waals surface area contributed by atoms with Gasteiger partial charge in [-0.2, -0.15) is 0 Å². The summed E-state index contributed by atoms with van der Waals surface area (Å²) in [4.78, 5) is 12.4. The number of piperidine rings is 1. The van der Waals surface area contributed by atoms with Gasteiger partial charge in [0.1, 0.15) is 5.82 Å². The fraction of sp³-hybridized carbons (Fsp3) is 0.588. The standard InChI is InChI=1S/C17H24FNO/c1-11-7-13(3)17(15(18)8-11)16(20)9-12(2)14-5-4-6-19-10-14/h7-8,12,14,19H,4-6,9-10H2,1-3H3. The number of carbonyl (C=O) groups is 1. The van der Waals surface area contributed by atoms with Gasteiger partial charge in [0.2, 0.25) is 0 Å². The van der Waals surface area contributed by atoms with Gasteiger partial charge in [0.05, 0.1) is 5.56 Å². The van der Waals surface area contributed by atoms with E-state index in [4.69, 9.17) is 0 Å². The highest BCUT2D eigenvalue weighted by atomic mass is 19.1. The van der Waals surface area contributed by atoms with E-state index in [1.807, 2.05) is 19.9 Å². The number of halogens is 1. The highest BCUT2D eigenvalue weighted by Gasteiger charge is 2.24. The van der Waals surface area contributed by atoms with Gasteiger partial charge in [-0.1, -0.05) is 13.0 Å². The number of ketones is 1. The number of rotatable bonds is 4. The summed E-state index contributed by atoms with van der Waals surface area (Å²) in [6.07, 6.45) is 2.77. The van der Waals surface area contributed by atoms with Crippen LogP contribution in [0, 0.1) is 31.5 Å². The molecule has 3 heteroatoms. The average Bonchev–Trinajstić information content (AvgIpc) is 2.38. The third-order valence-corrected chi connectivity index (χ3v) is 4.36. The third-order valence-electron chi connectivity index (χ3n) is 4.36. The zero-order valence-electron chi connectivity index (χ0n) is 12.6. The summed E-state index contributed by atoms with van der Waals surface area (Å²) < 4.78 is 14.0. The predicted molar refractivity (Wildman–Crippen MR) is 79.6 cm³/mol. The summed E-state index contributed by atoms with van der Waals surface area (Å²) in [6.45, 7) is 7.82. The molecule has 1 fully saturated rings. The van der Waals surface area contributed by atoms with Crippen LogP contribution < -0.4 is 5.32 Å². The Morgan fingerprint density at radius 3 is 2.80 bits per heavy atom. The third kappa shape index (κ3) is 3.45. The molecule has 110 valence electrons. The van der Waals surface area contributed by atoms with E-state index in [0.29, 0.717) is 18.3 Å². The van der Waals surface area contributed by atoms with Crippen molar-refractivity contribution < 1.29 is 9.18 Å². The number of hydrogen-bond acceptors (Lipinski definition) is 2. The molecule has 0 saturated carbocycles. The number of hydrogen-bond donors (Lipinski definition) is 1. The number of nitrogens with one attached hydrogen (secondary N) is 1. The molecule has 1 saturated heterocycles. The molecule has 2 nitrogen and oxygen atoms in total. The molecule has 1 N–H and O–H groups in total. The van der Waals surface area contributed by atoms with Crippen molar-refractivity contribution in [1.82, 2.24) is 5.32 Å². The molecular formula is C17H24FNO. The predicted octanol–water partition coefficient (Wildman–Crippen LogP) is 3.65. The molecule has 0 bridgehead atoms. The van der Waals surface area contributed by atoms with Gasteiger partial charge < -0.3 is 5.32 Å². The van der Waals surface area contributed by atoms with E-state index in [0.717, 1.165) is 30.6 Å². The molecule has 0 amide bonds. The first-order valence-corrected chi connectivity index (χ1v) is 7.49. The van der Waals surface area contributed by atoms with Crippen LogP contribution in [0.1, 0.15) is 47.7 Å². The van der Waals surface area contributed by atoms with Crippen LogP contribution in [0.5, 0.6) is 0 Å². The molecule has 1 heterocycles. The van der Waals surface area contributed by atoms with Gasteiger partial charge in [-0.25, -0.2) is 4.39 Å². The van der Waals surface area contributed by atoms with Crippen molar-refractivity contribution in [3.8, 4) is 0 Å². The summed E-state index contributed by atoms with van der Waals surface area (Å²) in [6, 6.07) is 3.33. The van der Waals surface area contributed by atoms with Crippen molar-refractivity contribution in [3.63, 3.8) is 0 Å². The minimum absolute atomic E-state index is 0.0573. The smallest absolute Gasteiger partial charge is 0.166 e. The zero-order chi connectivity index (χ0) is 14.7. The Morgan fingerprint density at radius 2 is 2.20 bits per heavy atom. The SMILES string of the molecule is Cc1cc(C)c(C(=O)CC(C)C2CCCNC2)c(F)c1. The van der Waals surface area contributed by atoms with E-state index >= 15 is 0 Å². The zero-order valence-corrected chi connectivity index (χ0v) is 12.6. The van der Waals surface area contributed by atoms with Crippen molar-refractivity contribution in [1.29, 1.82) is 0 Å². The lowest BCUT2D eigenvalue weighted by Crippen LogP contribution is -2.34. The van der Waals surface area contributed by atoms with E-state index in [9.17, 15) is 9.18 Å². The Balaban J connectivity index is 2.08. The van der Waals surface area contributed by atoms with Crippen LogP contribution in [0.25, 0.3) is 0 Å². The largest absolute Gasteiger partial charge is 0.316 e. The highest BCUT2D eigenvalue weighted by Crippen LogP contribution is 2.26. The monoisotopic (exact) mass is 277 g/mol. The second-order valence-electron chi connectivity index (χ2n) is 6.15. The van der Waals surface area contributed by atoms with Crippen molar-refractivity contribution >= 4 is 5.78 Å². The number of benzene rings is 1. The molecule has 1 aromatic rings. The second kappa shape index (κ2) is 6.49.